The lowest BCUT2D eigenvalue weighted by atomic mass is 9.92. The van der Waals surface area contributed by atoms with Crippen molar-refractivity contribution in [1.29, 1.82) is 0 Å². The van der Waals surface area contributed by atoms with E-state index >= 15 is 0 Å². The average Bonchev–Trinajstić information content (AvgIpc) is 3.07. The zero-order valence-corrected chi connectivity index (χ0v) is 26.9. The summed E-state index contributed by atoms with van der Waals surface area (Å²) in [6, 6.07) is 23.6. The van der Waals surface area contributed by atoms with Crippen molar-refractivity contribution in [1.82, 2.24) is 15.3 Å². The van der Waals surface area contributed by atoms with Crippen LogP contribution in [0.2, 0.25) is 5.02 Å². The number of hydrogen-bond donors (Lipinski definition) is 2. The minimum atomic E-state index is -0.520. The highest BCUT2D eigenvalue weighted by molar-refractivity contribution is 6.33. The minimum Gasteiger partial charge on any atom is -0.485 e. The number of esters is 1. The highest BCUT2D eigenvalue weighted by Gasteiger charge is 2.25. The molecule has 0 aliphatic carbocycles. The lowest BCUT2D eigenvalue weighted by molar-refractivity contribution is -0.141. The molecule has 0 radical (unpaired) electrons. The van der Waals surface area contributed by atoms with Crippen LogP contribution in [0.3, 0.4) is 0 Å². The molecule has 1 aliphatic heterocycles. The molecule has 10 heteroatoms. The van der Waals surface area contributed by atoms with Crippen LogP contribution in [0.25, 0.3) is 11.1 Å². The predicted octanol–water partition coefficient (Wildman–Crippen LogP) is 5.93. The number of hydrogen-bond acceptors (Lipinski definition) is 8. The second-order valence-electron chi connectivity index (χ2n) is 11.3. The molecule has 1 amide bonds. The van der Waals surface area contributed by atoms with Gasteiger partial charge in [-0.3, -0.25) is 9.59 Å². The molecule has 1 saturated heterocycles. The molecular formula is C36H39ClN4O5. The standard InChI is InChI=1S/C36H39ClN4O5/c1-3-45-33(43)21-38-36(44)34-35(46-23-27-7-5-4-6-8-27)24(2)39-32(40-34)19-25-15-17-41(18-16-25)29-13-14-30(31(37)20-29)28-11-9-26(22-42)10-12-28/h4-14,20,25,42H,3,15-19,21-23H2,1-2H3,(H,38,44). The lowest BCUT2D eigenvalue weighted by Gasteiger charge is -2.33. The van der Waals surface area contributed by atoms with Gasteiger partial charge in [-0.15, -0.1) is 0 Å². The van der Waals surface area contributed by atoms with E-state index in [2.05, 4.69) is 21.3 Å². The van der Waals surface area contributed by atoms with Gasteiger partial charge >= 0.3 is 5.97 Å². The lowest BCUT2D eigenvalue weighted by Crippen LogP contribution is -2.35. The van der Waals surface area contributed by atoms with Crippen molar-refractivity contribution in [2.45, 2.75) is 46.3 Å². The largest absolute Gasteiger partial charge is 0.485 e. The zero-order chi connectivity index (χ0) is 32.5. The number of rotatable bonds is 12. The van der Waals surface area contributed by atoms with Gasteiger partial charge in [-0.2, -0.15) is 0 Å². The fourth-order valence-electron chi connectivity index (χ4n) is 5.59. The quantitative estimate of drug-likeness (QED) is 0.183. The van der Waals surface area contributed by atoms with E-state index in [-0.39, 0.29) is 32.1 Å². The normalized spacial score (nSPS) is 13.3. The number of ether oxygens (including phenoxy) is 2. The first-order valence-electron chi connectivity index (χ1n) is 15.6. The zero-order valence-electron chi connectivity index (χ0n) is 26.2. The summed E-state index contributed by atoms with van der Waals surface area (Å²) in [6.07, 6.45) is 2.48. The van der Waals surface area contributed by atoms with Crippen LogP contribution in [0.5, 0.6) is 5.75 Å². The Bertz CT molecular complexity index is 1640. The third kappa shape index (κ3) is 8.41. The molecule has 0 unspecified atom stereocenters. The van der Waals surface area contributed by atoms with E-state index in [1.54, 1.807) is 6.92 Å². The number of benzene rings is 3. The van der Waals surface area contributed by atoms with Crippen LogP contribution in [0, 0.1) is 12.8 Å². The molecule has 1 aliphatic rings. The fourth-order valence-corrected chi connectivity index (χ4v) is 5.88. The van der Waals surface area contributed by atoms with Gasteiger partial charge in [-0.25, -0.2) is 9.97 Å². The van der Waals surface area contributed by atoms with Crippen LogP contribution in [0.4, 0.5) is 5.69 Å². The monoisotopic (exact) mass is 642 g/mol. The number of carbonyl (C=O) groups is 2. The van der Waals surface area contributed by atoms with Gasteiger partial charge in [0.1, 0.15) is 19.0 Å². The number of anilines is 1. The first kappa shape index (κ1) is 32.9. The molecule has 4 aromatic rings. The third-order valence-electron chi connectivity index (χ3n) is 8.07. The summed E-state index contributed by atoms with van der Waals surface area (Å²) in [6.45, 7) is 5.47. The van der Waals surface area contributed by atoms with Crippen LogP contribution in [0.1, 0.15) is 52.9 Å². The van der Waals surface area contributed by atoms with Gasteiger partial charge in [0.25, 0.3) is 5.91 Å². The molecule has 0 saturated carbocycles. The minimum absolute atomic E-state index is 0.0107. The van der Waals surface area contributed by atoms with Crippen LogP contribution < -0.4 is 15.0 Å². The first-order valence-corrected chi connectivity index (χ1v) is 15.9. The summed E-state index contributed by atoms with van der Waals surface area (Å²) >= 11 is 6.71. The smallest absolute Gasteiger partial charge is 0.325 e. The van der Waals surface area contributed by atoms with E-state index in [1.165, 1.54) is 0 Å². The predicted molar refractivity (Wildman–Crippen MR) is 178 cm³/mol. The van der Waals surface area contributed by atoms with Gasteiger partial charge < -0.3 is 24.8 Å². The number of amides is 1. The molecule has 9 nitrogen and oxygen atoms in total. The van der Waals surface area contributed by atoms with Gasteiger partial charge in [0.05, 0.1) is 23.9 Å². The number of aliphatic hydroxyl groups excluding tert-OH is 1. The van der Waals surface area contributed by atoms with E-state index < -0.39 is 11.9 Å². The van der Waals surface area contributed by atoms with E-state index in [0.29, 0.717) is 34.6 Å². The van der Waals surface area contributed by atoms with Crippen LogP contribution in [-0.2, 0) is 29.2 Å². The second-order valence-corrected chi connectivity index (χ2v) is 11.7. The number of aryl methyl sites for hydroxylation is 1. The SMILES string of the molecule is CCOC(=O)CNC(=O)c1nc(CC2CCN(c3ccc(-c4ccc(CO)cc4)c(Cl)c3)CC2)nc(C)c1OCc1ccccc1. The molecule has 5 rings (SSSR count). The maximum Gasteiger partial charge on any atom is 0.325 e. The molecular weight excluding hydrogens is 604 g/mol. The first-order chi connectivity index (χ1) is 22.3. The van der Waals surface area contributed by atoms with Crippen LogP contribution in [0.15, 0.2) is 72.8 Å². The van der Waals surface area contributed by atoms with Crippen molar-refractivity contribution in [3.05, 3.63) is 106 Å². The molecule has 0 spiro atoms. The number of piperidine rings is 1. The van der Waals surface area contributed by atoms with E-state index in [9.17, 15) is 14.7 Å². The Balaban J connectivity index is 1.25. The summed E-state index contributed by atoms with van der Waals surface area (Å²) in [5.41, 5.74) is 5.53. The molecule has 1 aromatic heterocycles. The summed E-state index contributed by atoms with van der Waals surface area (Å²) < 4.78 is 11.0. The summed E-state index contributed by atoms with van der Waals surface area (Å²) in [5.74, 6) is 0.176. The Labute approximate surface area is 274 Å². The van der Waals surface area contributed by atoms with Crippen molar-refractivity contribution >= 4 is 29.2 Å². The Morgan fingerprint density at radius 1 is 1.00 bits per heavy atom. The maximum absolute atomic E-state index is 13.2. The maximum atomic E-state index is 13.2. The number of nitrogens with zero attached hydrogens (tertiary/aromatic N) is 3. The van der Waals surface area contributed by atoms with Crippen molar-refractivity contribution < 1.29 is 24.2 Å². The molecule has 0 bridgehead atoms. The topological polar surface area (TPSA) is 114 Å². The van der Waals surface area contributed by atoms with E-state index in [0.717, 1.165) is 53.9 Å². The summed E-state index contributed by atoms with van der Waals surface area (Å²) in [4.78, 5) is 36.9. The van der Waals surface area contributed by atoms with Gasteiger partial charge in [0, 0.05) is 30.8 Å². The van der Waals surface area contributed by atoms with Crippen molar-refractivity contribution in [2.24, 2.45) is 5.92 Å². The fraction of sp³-hybridized carbons (Fsp3) is 0.333. The highest BCUT2D eigenvalue weighted by atomic mass is 35.5. The van der Waals surface area contributed by atoms with E-state index in [1.807, 2.05) is 73.7 Å². The average molecular weight is 643 g/mol. The Kier molecular flexibility index (Phi) is 11.2. The number of carbonyl (C=O) groups excluding carboxylic acids is 2. The van der Waals surface area contributed by atoms with Crippen molar-refractivity contribution in [2.75, 3.05) is 31.1 Å². The van der Waals surface area contributed by atoms with Crippen LogP contribution in [-0.4, -0.2) is 53.2 Å². The van der Waals surface area contributed by atoms with Crippen molar-refractivity contribution in [3.8, 4) is 16.9 Å². The number of aromatic nitrogens is 2. The van der Waals surface area contributed by atoms with Crippen molar-refractivity contribution in [3.63, 3.8) is 0 Å². The molecule has 3 aromatic carbocycles. The number of aliphatic hydroxyl groups is 1. The Morgan fingerprint density at radius 2 is 1.74 bits per heavy atom. The van der Waals surface area contributed by atoms with Gasteiger partial charge in [0.2, 0.25) is 0 Å². The molecule has 240 valence electrons. The summed E-state index contributed by atoms with van der Waals surface area (Å²) in [7, 11) is 0. The molecule has 46 heavy (non-hydrogen) atoms. The molecule has 2 N–H and O–H groups in total. The second kappa shape index (κ2) is 15.7. The molecule has 1 fully saturated rings. The van der Waals surface area contributed by atoms with Gasteiger partial charge in [-0.05, 0) is 61.4 Å². The van der Waals surface area contributed by atoms with Gasteiger partial charge in [-0.1, -0.05) is 72.3 Å². The van der Waals surface area contributed by atoms with Crippen LogP contribution >= 0.6 is 11.6 Å². The molecule has 2 heterocycles. The summed E-state index contributed by atoms with van der Waals surface area (Å²) in [5, 5.41) is 12.6. The Hall–Kier alpha value is -4.47. The van der Waals surface area contributed by atoms with Gasteiger partial charge in [0.15, 0.2) is 11.4 Å². The molecule has 0 atom stereocenters. The van der Waals surface area contributed by atoms with E-state index in [4.69, 9.17) is 26.1 Å². The Morgan fingerprint density at radius 3 is 2.41 bits per heavy atom. The third-order valence-corrected chi connectivity index (χ3v) is 8.38. The number of nitrogens with one attached hydrogen (secondary N) is 1. The number of halogens is 1. The highest BCUT2D eigenvalue weighted by Crippen LogP contribution is 2.34.